The summed E-state index contributed by atoms with van der Waals surface area (Å²) in [6, 6.07) is 9.37. The molecule has 0 bridgehead atoms. The van der Waals surface area contributed by atoms with Gasteiger partial charge in [-0.1, -0.05) is 22.6 Å². The first kappa shape index (κ1) is 11.7. The first-order chi connectivity index (χ1) is 9.33. The molecule has 0 saturated carbocycles. The standard InChI is InChI=1S/C13H10N4OS/c1-9(10-5-2-3-7-14-10)17-18-13-16-11-6-4-8-15-12(11)19-13/h2-8H,1H3/b17-9+. The second-order valence-corrected chi connectivity index (χ2v) is 4.73. The van der Waals surface area contributed by atoms with E-state index in [2.05, 4.69) is 20.1 Å². The van der Waals surface area contributed by atoms with Crippen molar-refractivity contribution in [1.82, 2.24) is 15.0 Å². The van der Waals surface area contributed by atoms with E-state index in [9.17, 15) is 0 Å². The molecule has 0 aliphatic rings. The molecule has 0 saturated heterocycles. The number of thiazole rings is 1. The van der Waals surface area contributed by atoms with Crippen molar-refractivity contribution < 1.29 is 4.84 Å². The Morgan fingerprint density at radius 1 is 1.16 bits per heavy atom. The lowest BCUT2D eigenvalue weighted by atomic mass is 10.3. The van der Waals surface area contributed by atoms with E-state index in [1.165, 1.54) is 11.3 Å². The lowest BCUT2D eigenvalue weighted by molar-refractivity contribution is 0.340. The third-order valence-corrected chi connectivity index (χ3v) is 3.29. The quantitative estimate of drug-likeness (QED) is 0.542. The van der Waals surface area contributed by atoms with Gasteiger partial charge in [0.2, 0.25) is 0 Å². The first-order valence-corrected chi connectivity index (χ1v) is 6.49. The van der Waals surface area contributed by atoms with Crippen molar-refractivity contribution >= 4 is 27.4 Å². The molecular formula is C13H10N4OS. The Morgan fingerprint density at radius 2 is 2.05 bits per heavy atom. The zero-order chi connectivity index (χ0) is 13.1. The van der Waals surface area contributed by atoms with Gasteiger partial charge in [-0.3, -0.25) is 4.98 Å². The van der Waals surface area contributed by atoms with Gasteiger partial charge >= 0.3 is 5.19 Å². The van der Waals surface area contributed by atoms with E-state index < -0.39 is 0 Å². The van der Waals surface area contributed by atoms with Gasteiger partial charge < -0.3 is 4.84 Å². The molecule has 3 aromatic rings. The zero-order valence-electron chi connectivity index (χ0n) is 10.1. The van der Waals surface area contributed by atoms with Crippen molar-refractivity contribution in [2.75, 3.05) is 0 Å². The third-order valence-electron chi connectivity index (χ3n) is 2.44. The summed E-state index contributed by atoms with van der Waals surface area (Å²) in [6.07, 6.45) is 3.45. The lowest BCUT2D eigenvalue weighted by Gasteiger charge is -1.97. The molecule has 19 heavy (non-hydrogen) atoms. The molecule has 94 valence electrons. The van der Waals surface area contributed by atoms with Crippen molar-refractivity contribution in [1.29, 1.82) is 0 Å². The van der Waals surface area contributed by atoms with Crippen LogP contribution in [-0.2, 0) is 0 Å². The maximum absolute atomic E-state index is 5.32. The molecule has 0 radical (unpaired) electrons. The minimum absolute atomic E-state index is 0.476. The van der Waals surface area contributed by atoms with E-state index in [1.807, 2.05) is 37.3 Å². The number of fused-ring (bicyclic) bond motifs is 1. The van der Waals surface area contributed by atoms with E-state index in [-0.39, 0.29) is 0 Å². The summed E-state index contributed by atoms with van der Waals surface area (Å²) < 4.78 is 0. The molecule has 0 fully saturated rings. The molecule has 0 aromatic carbocycles. The zero-order valence-corrected chi connectivity index (χ0v) is 11.0. The van der Waals surface area contributed by atoms with Gasteiger partial charge in [0, 0.05) is 12.4 Å². The SMILES string of the molecule is C/C(=N\Oc1nc2cccnc2s1)c1ccccn1. The number of aromatic nitrogens is 3. The smallest absolute Gasteiger partial charge is 0.307 e. The van der Waals surface area contributed by atoms with Crippen LogP contribution in [0.15, 0.2) is 47.9 Å². The van der Waals surface area contributed by atoms with Crippen LogP contribution >= 0.6 is 11.3 Å². The van der Waals surface area contributed by atoms with Crippen LogP contribution in [0.5, 0.6) is 5.19 Å². The molecule has 6 heteroatoms. The van der Waals surface area contributed by atoms with Gasteiger partial charge in [0.05, 0.1) is 5.69 Å². The topological polar surface area (TPSA) is 60.3 Å². The van der Waals surface area contributed by atoms with Gasteiger partial charge in [0.25, 0.3) is 0 Å². The van der Waals surface area contributed by atoms with Crippen molar-refractivity contribution in [3.8, 4) is 5.19 Å². The molecule has 0 aliphatic heterocycles. The molecule has 5 nitrogen and oxygen atoms in total. The maximum Gasteiger partial charge on any atom is 0.307 e. The number of nitrogens with zero attached hydrogens (tertiary/aromatic N) is 4. The Labute approximate surface area is 113 Å². The molecule has 3 aromatic heterocycles. The predicted molar refractivity (Wildman–Crippen MR) is 74.5 cm³/mol. The van der Waals surface area contributed by atoms with E-state index in [0.717, 1.165) is 16.0 Å². The Morgan fingerprint density at radius 3 is 2.84 bits per heavy atom. The largest absolute Gasteiger partial charge is 0.324 e. The number of pyridine rings is 2. The van der Waals surface area contributed by atoms with Crippen LogP contribution in [0.25, 0.3) is 10.3 Å². The Balaban J connectivity index is 1.82. The van der Waals surface area contributed by atoms with E-state index >= 15 is 0 Å². The molecule has 0 amide bonds. The second kappa shape index (κ2) is 5.11. The molecule has 0 aliphatic carbocycles. The second-order valence-electron chi connectivity index (χ2n) is 3.79. The van der Waals surface area contributed by atoms with Gasteiger partial charge in [-0.2, -0.15) is 4.98 Å². The third kappa shape index (κ3) is 2.58. The number of rotatable bonds is 3. The number of hydrogen-bond donors (Lipinski definition) is 0. The average Bonchev–Trinajstić information content (AvgIpc) is 2.88. The fourth-order valence-corrected chi connectivity index (χ4v) is 2.24. The fraction of sp³-hybridized carbons (Fsp3) is 0.0769. The van der Waals surface area contributed by atoms with Gasteiger partial charge in [0.1, 0.15) is 16.1 Å². The maximum atomic E-state index is 5.32. The highest BCUT2D eigenvalue weighted by atomic mass is 32.1. The Bertz CT molecular complexity index is 691. The predicted octanol–water partition coefficient (Wildman–Crippen LogP) is 2.89. The highest BCUT2D eigenvalue weighted by Gasteiger charge is 2.05. The molecular weight excluding hydrogens is 260 g/mol. The molecule has 0 atom stereocenters. The van der Waals surface area contributed by atoms with Crippen LogP contribution in [0.4, 0.5) is 0 Å². The van der Waals surface area contributed by atoms with Crippen LogP contribution in [0.1, 0.15) is 12.6 Å². The fourth-order valence-electron chi connectivity index (χ4n) is 1.52. The summed E-state index contributed by atoms with van der Waals surface area (Å²) in [7, 11) is 0. The normalized spacial score (nSPS) is 11.7. The van der Waals surface area contributed by atoms with Crippen LogP contribution in [0, 0.1) is 0 Å². The van der Waals surface area contributed by atoms with Gasteiger partial charge in [-0.25, -0.2) is 4.98 Å². The minimum atomic E-state index is 0.476. The van der Waals surface area contributed by atoms with E-state index in [1.54, 1.807) is 12.4 Å². The van der Waals surface area contributed by atoms with Crippen molar-refractivity contribution in [2.45, 2.75) is 6.92 Å². The van der Waals surface area contributed by atoms with Crippen LogP contribution in [-0.4, -0.2) is 20.7 Å². The minimum Gasteiger partial charge on any atom is -0.324 e. The molecule has 0 N–H and O–H groups in total. The first-order valence-electron chi connectivity index (χ1n) is 5.67. The van der Waals surface area contributed by atoms with Gasteiger partial charge in [-0.15, -0.1) is 0 Å². The van der Waals surface area contributed by atoms with Crippen LogP contribution in [0.3, 0.4) is 0 Å². The Hall–Kier alpha value is -2.34. The van der Waals surface area contributed by atoms with Crippen molar-refractivity contribution in [3.05, 3.63) is 48.4 Å². The van der Waals surface area contributed by atoms with Crippen molar-refractivity contribution in [3.63, 3.8) is 0 Å². The summed E-state index contributed by atoms with van der Waals surface area (Å²) in [5.74, 6) is 0. The van der Waals surface area contributed by atoms with E-state index in [0.29, 0.717) is 10.9 Å². The lowest BCUT2D eigenvalue weighted by Crippen LogP contribution is -1.99. The Kier molecular flexibility index (Phi) is 3.16. The summed E-state index contributed by atoms with van der Waals surface area (Å²) in [4.78, 5) is 18.8. The molecule has 0 unspecified atom stereocenters. The van der Waals surface area contributed by atoms with E-state index in [4.69, 9.17) is 4.84 Å². The average molecular weight is 270 g/mol. The monoisotopic (exact) mass is 270 g/mol. The van der Waals surface area contributed by atoms with Crippen LogP contribution in [0.2, 0.25) is 0 Å². The highest BCUT2D eigenvalue weighted by molar-refractivity contribution is 7.19. The summed E-state index contributed by atoms with van der Waals surface area (Å²) >= 11 is 1.36. The summed E-state index contributed by atoms with van der Waals surface area (Å²) in [6.45, 7) is 1.84. The highest BCUT2D eigenvalue weighted by Crippen LogP contribution is 2.25. The molecule has 3 rings (SSSR count). The molecule has 3 heterocycles. The number of oxime groups is 1. The van der Waals surface area contributed by atoms with Gasteiger partial charge in [-0.05, 0) is 31.2 Å². The number of hydrogen-bond acceptors (Lipinski definition) is 6. The molecule has 0 spiro atoms. The van der Waals surface area contributed by atoms with Crippen LogP contribution < -0.4 is 4.84 Å². The van der Waals surface area contributed by atoms with Gasteiger partial charge in [0.15, 0.2) is 0 Å². The summed E-state index contributed by atoms with van der Waals surface area (Å²) in [5, 5.41) is 4.51. The van der Waals surface area contributed by atoms with Crippen molar-refractivity contribution in [2.24, 2.45) is 5.16 Å². The summed E-state index contributed by atoms with van der Waals surface area (Å²) in [5.41, 5.74) is 2.29.